The molecule has 0 aliphatic carbocycles. The Kier molecular flexibility index (Phi) is 4.38. The second-order valence-corrected chi connectivity index (χ2v) is 4.47. The Morgan fingerprint density at radius 2 is 2.00 bits per heavy atom. The Labute approximate surface area is 71.8 Å². The van der Waals surface area contributed by atoms with Crippen LogP contribution in [0.3, 0.4) is 0 Å². The van der Waals surface area contributed by atoms with E-state index in [-0.39, 0.29) is 12.2 Å². The highest BCUT2D eigenvalue weighted by Crippen LogP contribution is 2.08. The van der Waals surface area contributed by atoms with Crippen molar-refractivity contribution in [1.29, 1.82) is 0 Å². The fourth-order valence-corrected chi connectivity index (χ4v) is 2.10. The molecule has 11 heavy (non-hydrogen) atoms. The summed E-state index contributed by atoms with van der Waals surface area (Å²) in [6, 6.07) is 0. The van der Waals surface area contributed by atoms with Gasteiger partial charge in [0.05, 0.1) is 11.4 Å². The molecule has 2 unspecified atom stereocenters. The minimum absolute atomic E-state index is 0.0162. The smallest absolute Gasteiger partial charge is 0.268 e. The van der Waals surface area contributed by atoms with Crippen molar-refractivity contribution in [3.05, 3.63) is 0 Å². The second-order valence-electron chi connectivity index (χ2n) is 2.40. The van der Waals surface area contributed by atoms with Crippen molar-refractivity contribution in [3.8, 4) is 0 Å². The summed E-state index contributed by atoms with van der Waals surface area (Å²) >= 11 is 3.73. The summed E-state index contributed by atoms with van der Waals surface area (Å²) in [6.45, 7) is 1.46. The van der Waals surface area contributed by atoms with Gasteiger partial charge in [-0.2, -0.15) is 21.0 Å². The molecule has 0 saturated heterocycles. The van der Waals surface area contributed by atoms with Gasteiger partial charge in [0.2, 0.25) is 0 Å². The lowest BCUT2D eigenvalue weighted by Crippen LogP contribution is -2.26. The van der Waals surface area contributed by atoms with E-state index < -0.39 is 21.5 Å². The molecule has 4 nitrogen and oxygen atoms in total. The number of hydrogen-bond acceptors (Lipinski definition) is 4. The van der Waals surface area contributed by atoms with Crippen LogP contribution in [0.2, 0.25) is 0 Å². The van der Waals surface area contributed by atoms with Gasteiger partial charge < -0.3 is 5.11 Å². The molecular weight excluding hydrogens is 188 g/mol. The Balaban J connectivity index is 4.20. The highest BCUT2D eigenvalue weighted by atomic mass is 32.2. The van der Waals surface area contributed by atoms with Crippen molar-refractivity contribution in [1.82, 2.24) is 0 Å². The molecular formula is C5H12O4S2. The van der Waals surface area contributed by atoms with Gasteiger partial charge in [0.25, 0.3) is 10.1 Å². The summed E-state index contributed by atoms with van der Waals surface area (Å²) < 4.78 is 29.5. The molecule has 0 saturated carbocycles. The summed E-state index contributed by atoms with van der Waals surface area (Å²) in [5.41, 5.74) is 0. The van der Waals surface area contributed by atoms with Crippen LogP contribution in [0.4, 0.5) is 0 Å². The highest BCUT2D eigenvalue weighted by Gasteiger charge is 2.22. The maximum absolute atomic E-state index is 10.5. The van der Waals surface area contributed by atoms with E-state index >= 15 is 0 Å². The van der Waals surface area contributed by atoms with Gasteiger partial charge in [-0.25, -0.2) is 0 Å². The maximum atomic E-state index is 10.5. The molecule has 0 spiro atoms. The fourth-order valence-electron chi connectivity index (χ4n) is 0.671. The van der Waals surface area contributed by atoms with Crippen LogP contribution >= 0.6 is 12.6 Å². The number of thiol groups is 1. The standard InChI is InChI=1S/C5H12O4S2/c1-4(6)2-5(3-10)11(7,8)9/h4-6,10H,2-3H2,1H3,(H,7,8,9). The van der Waals surface area contributed by atoms with Gasteiger partial charge in [-0.1, -0.05) is 0 Å². The monoisotopic (exact) mass is 200 g/mol. The molecule has 0 rings (SSSR count). The molecule has 0 aromatic carbocycles. The van der Waals surface area contributed by atoms with Crippen molar-refractivity contribution >= 4 is 22.7 Å². The minimum Gasteiger partial charge on any atom is -0.393 e. The molecule has 2 N–H and O–H groups in total. The fraction of sp³-hybridized carbons (Fsp3) is 1.00. The summed E-state index contributed by atoms with van der Waals surface area (Å²) in [5, 5.41) is 7.84. The highest BCUT2D eigenvalue weighted by molar-refractivity contribution is 7.88. The van der Waals surface area contributed by atoms with Crippen LogP contribution in [-0.4, -0.2) is 35.2 Å². The molecule has 0 bridgehead atoms. The predicted octanol–water partition coefficient (Wildman–Crippen LogP) is -0.0565. The van der Waals surface area contributed by atoms with Crippen LogP contribution < -0.4 is 0 Å². The molecule has 2 atom stereocenters. The van der Waals surface area contributed by atoms with Gasteiger partial charge in [-0.05, 0) is 13.3 Å². The van der Waals surface area contributed by atoms with Crippen molar-refractivity contribution in [2.75, 3.05) is 5.75 Å². The molecule has 6 heteroatoms. The SMILES string of the molecule is CC(O)CC(CS)S(=O)(=O)O. The van der Waals surface area contributed by atoms with Crippen LogP contribution in [0.1, 0.15) is 13.3 Å². The predicted molar refractivity (Wildman–Crippen MR) is 45.5 cm³/mol. The zero-order chi connectivity index (χ0) is 9.07. The van der Waals surface area contributed by atoms with E-state index in [0.717, 1.165) is 0 Å². The van der Waals surface area contributed by atoms with Crippen molar-refractivity contribution in [2.45, 2.75) is 24.7 Å². The van der Waals surface area contributed by atoms with E-state index in [4.69, 9.17) is 9.66 Å². The summed E-state index contributed by atoms with van der Waals surface area (Å²) in [5.74, 6) is 0.0176. The van der Waals surface area contributed by atoms with E-state index in [2.05, 4.69) is 12.6 Å². The second kappa shape index (κ2) is 4.30. The lowest BCUT2D eigenvalue weighted by Gasteiger charge is -2.11. The first-order chi connectivity index (χ1) is 4.88. The van der Waals surface area contributed by atoms with Crippen LogP contribution in [0.5, 0.6) is 0 Å². The van der Waals surface area contributed by atoms with E-state index in [9.17, 15) is 8.42 Å². The largest absolute Gasteiger partial charge is 0.393 e. The van der Waals surface area contributed by atoms with Crippen LogP contribution in [0, 0.1) is 0 Å². The third kappa shape index (κ3) is 4.62. The first-order valence-corrected chi connectivity index (χ1v) is 5.26. The number of rotatable bonds is 4. The zero-order valence-corrected chi connectivity index (χ0v) is 7.85. The third-order valence-electron chi connectivity index (χ3n) is 1.23. The van der Waals surface area contributed by atoms with E-state index in [1.807, 2.05) is 0 Å². The molecule has 0 amide bonds. The Hall–Kier alpha value is 0.220. The molecule has 0 aliphatic rings. The molecule has 0 aliphatic heterocycles. The van der Waals surface area contributed by atoms with Crippen LogP contribution in [0.15, 0.2) is 0 Å². The lowest BCUT2D eigenvalue weighted by atomic mass is 10.2. The van der Waals surface area contributed by atoms with Gasteiger partial charge in [-0.15, -0.1) is 0 Å². The van der Waals surface area contributed by atoms with Crippen molar-refractivity contribution in [2.24, 2.45) is 0 Å². The molecule has 0 aromatic heterocycles. The zero-order valence-electron chi connectivity index (χ0n) is 6.14. The first-order valence-electron chi connectivity index (χ1n) is 3.13. The first kappa shape index (κ1) is 11.2. The average Bonchev–Trinajstić information content (AvgIpc) is 1.79. The van der Waals surface area contributed by atoms with E-state index in [1.165, 1.54) is 6.92 Å². The molecule has 0 radical (unpaired) electrons. The van der Waals surface area contributed by atoms with E-state index in [0.29, 0.717) is 0 Å². The average molecular weight is 200 g/mol. The molecule has 0 aromatic rings. The van der Waals surface area contributed by atoms with E-state index in [1.54, 1.807) is 0 Å². The van der Waals surface area contributed by atoms with Crippen molar-refractivity contribution in [3.63, 3.8) is 0 Å². The van der Waals surface area contributed by atoms with Gasteiger partial charge in [0, 0.05) is 5.75 Å². The summed E-state index contributed by atoms with van der Waals surface area (Å²) in [7, 11) is -4.05. The number of hydrogen-bond donors (Lipinski definition) is 3. The Morgan fingerprint density at radius 1 is 1.55 bits per heavy atom. The number of aliphatic hydroxyl groups is 1. The maximum Gasteiger partial charge on any atom is 0.268 e. The lowest BCUT2D eigenvalue weighted by molar-refractivity contribution is 0.183. The molecule has 0 fully saturated rings. The van der Waals surface area contributed by atoms with Gasteiger partial charge >= 0.3 is 0 Å². The van der Waals surface area contributed by atoms with Gasteiger partial charge in [0.15, 0.2) is 0 Å². The van der Waals surface area contributed by atoms with Gasteiger partial charge in [-0.3, -0.25) is 4.55 Å². The molecule has 68 valence electrons. The van der Waals surface area contributed by atoms with Crippen LogP contribution in [0.25, 0.3) is 0 Å². The quantitative estimate of drug-likeness (QED) is 0.439. The van der Waals surface area contributed by atoms with Crippen molar-refractivity contribution < 1.29 is 18.1 Å². The summed E-state index contributed by atoms with van der Waals surface area (Å²) in [4.78, 5) is 0. The van der Waals surface area contributed by atoms with Gasteiger partial charge in [0.1, 0.15) is 0 Å². The minimum atomic E-state index is -4.05. The van der Waals surface area contributed by atoms with Crippen LogP contribution in [-0.2, 0) is 10.1 Å². The molecule has 0 heterocycles. The Bertz CT molecular complexity index is 197. The summed E-state index contributed by atoms with van der Waals surface area (Å²) in [6.07, 6.45) is -0.725. The normalized spacial score (nSPS) is 17.8. The third-order valence-corrected chi connectivity index (χ3v) is 3.12. The topological polar surface area (TPSA) is 74.6 Å². The number of aliphatic hydroxyl groups excluding tert-OH is 1. The Morgan fingerprint density at radius 3 is 2.09 bits per heavy atom.